The number of nitrogens with one attached hydrogen (secondary N) is 1. The van der Waals surface area contributed by atoms with Crippen molar-refractivity contribution < 1.29 is 4.39 Å². The quantitative estimate of drug-likeness (QED) is 0.789. The lowest BCUT2D eigenvalue weighted by Gasteiger charge is -2.16. The van der Waals surface area contributed by atoms with Crippen LogP contribution in [0.4, 0.5) is 4.39 Å². The van der Waals surface area contributed by atoms with Crippen molar-refractivity contribution >= 4 is 0 Å². The molecule has 1 N–H and O–H groups in total. The van der Waals surface area contributed by atoms with Crippen molar-refractivity contribution in [3.05, 3.63) is 88.0 Å². The van der Waals surface area contributed by atoms with E-state index >= 15 is 0 Å². The average Bonchev–Trinajstić information content (AvgIpc) is 3.02. The molecule has 0 aliphatic carbocycles. The summed E-state index contributed by atoms with van der Waals surface area (Å²) in [6.07, 6.45) is 1.65. The molecule has 2 heterocycles. The van der Waals surface area contributed by atoms with Crippen LogP contribution in [0.1, 0.15) is 33.6 Å². The van der Waals surface area contributed by atoms with E-state index in [2.05, 4.69) is 16.1 Å². The SMILES string of the molecule is N#Cc1ccc(Cn2nc(Cc3ccc(F)cc3)c3c2CCNC3)cc1. The zero-order chi connectivity index (χ0) is 17.9. The Hall–Kier alpha value is -2.97. The van der Waals surface area contributed by atoms with Gasteiger partial charge in [-0.25, -0.2) is 4.39 Å². The second-order valence-corrected chi connectivity index (χ2v) is 6.57. The summed E-state index contributed by atoms with van der Waals surface area (Å²) in [5, 5.41) is 17.2. The summed E-state index contributed by atoms with van der Waals surface area (Å²) in [6.45, 7) is 2.46. The van der Waals surface area contributed by atoms with Gasteiger partial charge in [0.15, 0.2) is 0 Å². The van der Waals surface area contributed by atoms with Crippen LogP contribution in [0.3, 0.4) is 0 Å². The Morgan fingerprint density at radius 1 is 1.08 bits per heavy atom. The standard InChI is InChI=1S/C21H19FN4/c22-18-7-5-15(6-8-18)11-20-19-13-24-10-9-21(19)26(25-20)14-17-3-1-16(12-23)2-4-17/h1-8,24H,9-11,13-14H2. The predicted octanol–water partition coefficient (Wildman–Crippen LogP) is 3.18. The maximum atomic E-state index is 13.1. The van der Waals surface area contributed by atoms with Crippen molar-refractivity contribution in [1.82, 2.24) is 15.1 Å². The fraction of sp³-hybridized carbons (Fsp3) is 0.238. The number of halogens is 1. The van der Waals surface area contributed by atoms with Crippen molar-refractivity contribution in [2.75, 3.05) is 6.54 Å². The number of fused-ring (bicyclic) bond motifs is 1. The van der Waals surface area contributed by atoms with E-state index in [-0.39, 0.29) is 5.82 Å². The van der Waals surface area contributed by atoms with Crippen LogP contribution < -0.4 is 5.32 Å². The van der Waals surface area contributed by atoms with E-state index in [0.717, 1.165) is 36.3 Å². The fourth-order valence-electron chi connectivity index (χ4n) is 3.42. The first-order chi connectivity index (χ1) is 12.7. The molecule has 4 rings (SSSR count). The molecule has 26 heavy (non-hydrogen) atoms. The Labute approximate surface area is 151 Å². The van der Waals surface area contributed by atoms with Gasteiger partial charge >= 0.3 is 0 Å². The number of hydrogen-bond acceptors (Lipinski definition) is 3. The van der Waals surface area contributed by atoms with Crippen LogP contribution in [0, 0.1) is 17.1 Å². The van der Waals surface area contributed by atoms with Gasteiger partial charge < -0.3 is 5.32 Å². The molecule has 0 atom stereocenters. The second kappa shape index (κ2) is 7.11. The molecule has 0 spiro atoms. The Kier molecular flexibility index (Phi) is 4.51. The first-order valence-electron chi connectivity index (χ1n) is 8.74. The van der Waals surface area contributed by atoms with Crippen molar-refractivity contribution in [1.29, 1.82) is 5.26 Å². The molecule has 0 unspecified atom stereocenters. The number of nitrogens with zero attached hydrogens (tertiary/aromatic N) is 3. The zero-order valence-electron chi connectivity index (χ0n) is 14.4. The minimum absolute atomic E-state index is 0.219. The Bertz CT molecular complexity index is 949. The van der Waals surface area contributed by atoms with Gasteiger partial charge in [0.05, 0.1) is 23.9 Å². The number of rotatable bonds is 4. The van der Waals surface area contributed by atoms with Crippen LogP contribution in [0.2, 0.25) is 0 Å². The first-order valence-corrected chi connectivity index (χ1v) is 8.74. The highest BCUT2D eigenvalue weighted by molar-refractivity contribution is 5.35. The van der Waals surface area contributed by atoms with Gasteiger partial charge in [0.25, 0.3) is 0 Å². The number of hydrogen-bond donors (Lipinski definition) is 1. The van der Waals surface area contributed by atoms with Crippen LogP contribution in [-0.2, 0) is 25.9 Å². The van der Waals surface area contributed by atoms with E-state index in [4.69, 9.17) is 10.4 Å². The molecular formula is C21H19FN4. The lowest BCUT2D eigenvalue weighted by Crippen LogP contribution is -2.25. The molecule has 1 aliphatic heterocycles. The van der Waals surface area contributed by atoms with Crippen LogP contribution in [-0.4, -0.2) is 16.3 Å². The van der Waals surface area contributed by atoms with Gasteiger partial charge in [0, 0.05) is 37.2 Å². The highest BCUT2D eigenvalue weighted by Gasteiger charge is 2.20. The minimum atomic E-state index is -0.219. The van der Waals surface area contributed by atoms with E-state index in [1.54, 1.807) is 0 Å². The molecular weight excluding hydrogens is 327 g/mol. The van der Waals surface area contributed by atoms with Gasteiger partial charge in [-0.3, -0.25) is 4.68 Å². The van der Waals surface area contributed by atoms with Crippen molar-refractivity contribution in [3.8, 4) is 6.07 Å². The summed E-state index contributed by atoms with van der Waals surface area (Å²) in [6, 6.07) is 16.4. The molecule has 1 aliphatic rings. The summed E-state index contributed by atoms with van der Waals surface area (Å²) < 4.78 is 15.2. The molecule has 0 saturated heterocycles. The van der Waals surface area contributed by atoms with Gasteiger partial charge in [0.2, 0.25) is 0 Å². The lowest BCUT2D eigenvalue weighted by atomic mass is 10.0. The molecule has 1 aromatic heterocycles. The number of nitriles is 1. The van der Waals surface area contributed by atoms with Crippen molar-refractivity contribution in [3.63, 3.8) is 0 Å². The zero-order valence-corrected chi connectivity index (χ0v) is 14.4. The van der Waals surface area contributed by atoms with Crippen molar-refractivity contribution in [2.24, 2.45) is 0 Å². The second-order valence-electron chi connectivity index (χ2n) is 6.57. The van der Waals surface area contributed by atoms with E-state index in [0.29, 0.717) is 18.5 Å². The summed E-state index contributed by atoms with van der Waals surface area (Å²) in [5.74, 6) is -0.219. The van der Waals surface area contributed by atoms with Crippen molar-refractivity contribution in [2.45, 2.75) is 25.9 Å². The Morgan fingerprint density at radius 3 is 2.54 bits per heavy atom. The monoisotopic (exact) mass is 346 g/mol. The third-order valence-electron chi connectivity index (χ3n) is 4.79. The van der Waals surface area contributed by atoms with E-state index in [9.17, 15) is 4.39 Å². The average molecular weight is 346 g/mol. The molecule has 130 valence electrons. The normalized spacial score (nSPS) is 13.2. The molecule has 3 aromatic rings. The fourth-order valence-corrected chi connectivity index (χ4v) is 3.42. The molecule has 0 amide bonds. The van der Waals surface area contributed by atoms with E-state index in [1.165, 1.54) is 23.4 Å². The maximum Gasteiger partial charge on any atom is 0.123 e. The highest BCUT2D eigenvalue weighted by Crippen LogP contribution is 2.22. The largest absolute Gasteiger partial charge is 0.312 e. The number of benzene rings is 2. The summed E-state index contributed by atoms with van der Waals surface area (Å²) >= 11 is 0. The van der Waals surface area contributed by atoms with Gasteiger partial charge in [-0.15, -0.1) is 0 Å². The third-order valence-corrected chi connectivity index (χ3v) is 4.79. The van der Waals surface area contributed by atoms with E-state index in [1.807, 2.05) is 36.4 Å². The summed E-state index contributed by atoms with van der Waals surface area (Å²) in [5.41, 5.74) is 6.42. The summed E-state index contributed by atoms with van der Waals surface area (Å²) in [7, 11) is 0. The van der Waals surface area contributed by atoms with Crippen LogP contribution >= 0.6 is 0 Å². The minimum Gasteiger partial charge on any atom is -0.312 e. The molecule has 5 heteroatoms. The highest BCUT2D eigenvalue weighted by atomic mass is 19.1. The van der Waals surface area contributed by atoms with Gasteiger partial charge in [-0.2, -0.15) is 10.4 Å². The number of aromatic nitrogens is 2. The first kappa shape index (κ1) is 16.5. The summed E-state index contributed by atoms with van der Waals surface area (Å²) in [4.78, 5) is 0. The molecule has 0 fully saturated rings. The van der Waals surface area contributed by atoms with Gasteiger partial charge in [-0.1, -0.05) is 24.3 Å². The molecule has 0 radical (unpaired) electrons. The Balaban J connectivity index is 1.63. The molecule has 0 bridgehead atoms. The molecule has 2 aromatic carbocycles. The van der Waals surface area contributed by atoms with Crippen LogP contribution in [0.15, 0.2) is 48.5 Å². The topological polar surface area (TPSA) is 53.6 Å². The van der Waals surface area contributed by atoms with E-state index < -0.39 is 0 Å². The van der Waals surface area contributed by atoms with Gasteiger partial charge in [-0.05, 0) is 35.4 Å². The molecule has 4 nitrogen and oxygen atoms in total. The third kappa shape index (κ3) is 3.37. The van der Waals surface area contributed by atoms with Crippen LogP contribution in [0.5, 0.6) is 0 Å². The lowest BCUT2D eigenvalue weighted by molar-refractivity contribution is 0.582. The smallest absolute Gasteiger partial charge is 0.123 e. The Morgan fingerprint density at radius 2 is 1.81 bits per heavy atom. The van der Waals surface area contributed by atoms with Crippen LogP contribution in [0.25, 0.3) is 0 Å². The maximum absolute atomic E-state index is 13.1. The van der Waals surface area contributed by atoms with Gasteiger partial charge in [0.1, 0.15) is 5.82 Å². The molecule has 0 saturated carbocycles. The predicted molar refractivity (Wildman–Crippen MR) is 97.1 cm³/mol.